The lowest BCUT2D eigenvalue weighted by Gasteiger charge is -2.05. The third-order valence-corrected chi connectivity index (χ3v) is 4.72. The summed E-state index contributed by atoms with van der Waals surface area (Å²) in [6, 6.07) is 5.19. The molecule has 0 bridgehead atoms. The van der Waals surface area contributed by atoms with Crippen molar-refractivity contribution < 1.29 is 4.79 Å². The van der Waals surface area contributed by atoms with Crippen molar-refractivity contribution in [2.24, 2.45) is 0 Å². The molecule has 1 heterocycles. The van der Waals surface area contributed by atoms with Crippen LogP contribution in [0.4, 0.5) is 10.8 Å². The van der Waals surface area contributed by atoms with E-state index in [4.69, 9.17) is 23.2 Å². The van der Waals surface area contributed by atoms with Gasteiger partial charge in [-0.15, -0.1) is 10.2 Å². The van der Waals surface area contributed by atoms with Crippen LogP contribution in [0, 0.1) is 0 Å². The monoisotopic (exact) mass is 376 g/mol. The molecule has 22 heavy (non-hydrogen) atoms. The fourth-order valence-electron chi connectivity index (χ4n) is 1.52. The summed E-state index contributed by atoms with van der Waals surface area (Å²) < 4.78 is 0.738. The molecule has 0 saturated carbocycles. The van der Waals surface area contributed by atoms with Crippen LogP contribution >= 0.6 is 46.3 Å². The average molecular weight is 377 g/mol. The number of anilines is 2. The maximum Gasteiger partial charge on any atom is 0.234 e. The molecular weight excluding hydrogens is 363 g/mol. The lowest BCUT2D eigenvalue weighted by Crippen LogP contribution is -2.13. The Morgan fingerprint density at radius 3 is 2.59 bits per heavy atom. The van der Waals surface area contributed by atoms with Crippen molar-refractivity contribution in [3.63, 3.8) is 0 Å². The van der Waals surface area contributed by atoms with Crippen molar-refractivity contribution in [2.45, 2.75) is 24.2 Å². The second kappa shape index (κ2) is 8.01. The number of nitrogens with zero attached hydrogens (tertiary/aromatic N) is 2. The summed E-state index contributed by atoms with van der Waals surface area (Å²) in [5.74, 6) is 0.0809. The summed E-state index contributed by atoms with van der Waals surface area (Å²) in [6.45, 7) is 4.05. The highest BCUT2D eigenvalue weighted by Crippen LogP contribution is 2.26. The number of carbonyl (C=O) groups excluding carboxylic acids is 1. The zero-order valence-corrected chi connectivity index (χ0v) is 15.0. The van der Waals surface area contributed by atoms with Crippen LogP contribution in [0.25, 0.3) is 0 Å². The van der Waals surface area contributed by atoms with E-state index in [1.54, 1.807) is 18.2 Å². The van der Waals surface area contributed by atoms with E-state index in [0.717, 1.165) is 9.47 Å². The number of hydrogen-bond acceptors (Lipinski definition) is 6. The van der Waals surface area contributed by atoms with E-state index in [-0.39, 0.29) is 11.7 Å². The Morgan fingerprint density at radius 2 is 1.95 bits per heavy atom. The van der Waals surface area contributed by atoms with E-state index < -0.39 is 0 Å². The van der Waals surface area contributed by atoms with Crippen molar-refractivity contribution in [1.29, 1.82) is 0 Å². The molecule has 0 fully saturated rings. The van der Waals surface area contributed by atoms with Gasteiger partial charge in [0.25, 0.3) is 0 Å². The van der Waals surface area contributed by atoms with Crippen molar-refractivity contribution in [1.82, 2.24) is 10.2 Å². The van der Waals surface area contributed by atoms with Gasteiger partial charge in [0.1, 0.15) is 0 Å². The lowest BCUT2D eigenvalue weighted by atomic mass is 10.3. The van der Waals surface area contributed by atoms with E-state index in [9.17, 15) is 4.79 Å². The number of thioether (sulfide) groups is 1. The molecule has 0 aliphatic heterocycles. The van der Waals surface area contributed by atoms with Gasteiger partial charge in [-0.05, 0) is 32.0 Å². The Kier molecular flexibility index (Phi) is 6.31. The highest BCUT2D eigenvalue weighted by Gasteiger charge is 2.09. The molecule has 0 radical (unpaired) electrons. The molecular formula is C13H14Cl2N4OS2. The quantitative estimate of drug-likeness (QED) is 0.731. The minimum absolute atomic E-state index is 0.156. The fourth-order valence-corrected chi connectivity index (χ4v) is 3.75. The number of benzene rings is 1. The predicted molar refractivity (Wildman–Crippen MR) is 94.5 cm³/mol. The SMILES string of the molecule is CC(C)Nc1nnc(SCC(=O)Nc2cc(Cl)cc(Cl)c2)s1. The number of amides is 1. The van der Waals surface area contributed by atoms with Crippen LogP contribution in [-0.2, 0) is 4.79 Å². The van der Waals surface area contributed by atoms with Crippen molar-refractivity contribution in [2.75, 3.05) is 16.4 Å². The van der Waals surface area contributed by atoms with Crippen LogP contribution in [0.5, 0.6) is 0 Å². The Labute approximate surface area is 146 Å². The second-order valence-electron chi connectivity index (χ2n) is 4.67. The summed E-state index contributed by atoms with van der Waals surface area (Å²) in [7, 11) is 0. The molecule has 0 aliphatic carbocycles. The topological polar surface area (TPSA) is 66.9 Å². The van der Waals surface area contributed by atoms with Crippen LogP contribution in [0.15, 0.2) is 22.5 Å². The Bertz CT molecular complexity index is 643. The Balaban J connectivity index is 1.86. The highest BCUT2D eigenvalue weighted by molar-refractivity contribution is 8.01. The van der Waals surface area contributed by atoms with Crippen LogP contribution in [0.3, 0.4) is 0 Å². The smallest absolute Gasteiger partial charge is 0.234 e. The van der Waals surface area contributed by atoms with Crippen LogP contribution in [0.1, 0.15) is 13.8 Å². The molecule has 1 amide bonds. The van der Waals surface area contributed by atoms with Gasteiger partial charge in [-0.1, -0.05) is 46.3 Å². The van der Waals surface area contributed by atoms with Crippen molar-refractivity contribution >= 4 is 63.0 Å². The summed E-state index contributed by atoms with van der Waals surface area (Å²) >= 11 is 14.5. The van der Waals surface area contributed by atoms with Gasteiger partial charge in [-0.2, -0.15) is 0 Å². The molecule has 5 nitrogen and oxygen atoms in total. The maximum absolute atomic E-state index is 11.9. The first kappa shape index (κ1) is 17.3. The van der Waals surface area contributed by atoms with Gasteiger partial charge in [0.15, 0.2) is 4.34 Å². The fraction of sp³-hybridized carbons (Fsp3) is 0.308. The minimum atomic E-state index is -0.156. The average Bonchev–Trinajstić information content (AvgIpc) is 2.82. The van der Waals surface area contributed by atoms with E-state index in [1.807, 2.05) is 13.8 Å². The van der Waals surface area contributed by atoms with E-state index in [1.165, 1.54) is 23.1 Å². The molecule has 1 aromatic heterocycles. The molecule has 0 aliphatic rings. The molecule has 1 aromatic carbocycles. The number of hydrogen-bond donors (Lipinski definition) is 2. The molecule has 0 spiro atoms. The zero-order valence-electron chi connectivity index (χ0n) is 11.9. The molecule has 2 aromatic rings. The number of halogens is 2. The highest BCUT2D eigenvalue weighted by atomic mass is 35.5. The lowest BCUT2D eigenvalue weighted by molar-refractivity contribution is -0.113. The first-order valence-electron chi connectivity index (χ1n) is 6.41. The van der Waals surface area contributed by atoms with Crippen molar-refractivity contribution in [3.05, 3.63) is 28.2 Å². The van der Waals surface area contributed by atoms with Crippen LogP contribution < -0.4 is 10.6 Å². The standard InChI is InChI=1S/C13H14Cl2N4OS2/c1-7(2)16-12-18-19-13(22-12)21-6-11(20)17-10-4-8(14)3-9(15)5-10/h3-5,7H,6H2,1-2H3,(H,16,18)(H,17,20). The molecule has 2 rings (SSSR count). The molecule has 0 saturated heterocycles. The third-order valence-electron chi connectivity index (χ3n) is 2.29. The Hall–Kier alpha value is -1.02. The van der Waals surface area contributed by atoms with Gasteiger partial charge in [0.2, 0.25) is 11.0 Å². The first-order valence-corrected chi connectivity index (χ1v) is 8.97. The summed E-state index contributed by atoms with van der Waals surface area (Å²) in [5, 5.41) is 15.6. The number of carbonyl (C=O) groups is 1. The minimum Gasteiger partial charge on any atom is -0.358 e. The van der Waals surface area contributed by atoms with Gasteiger partial charge in [0, 0.05) is 21.8 Å². The summed E-state index contributed by atoms with van der Waals surface area (Å²) in [5.41, 5.74) is 0.572. The van der Waals surface area contributed by atoms with E-state index in [2.05, 4.69) is 20.8 Å². The van der Waals surface area contributed by atoms with E-state index in [0.29, 0.717) is 21.8 Å². The van der Waals surface area contributed by atoms with Gasteiger partial charge in [0.05, 0.1) is 5.75 Å². The predicted octanol–water partition coefficient (Wildman–Crippen LogP) is 4.40. The largest absolute Gasteiger partial charge is 0.358 e. The number of rotatable bonds is 6. The molecule has 118 valence electrons. The Morgan fingerprint density at radius 1 is 1.27 bits per heavy atom. The zero-order chi connectivity index (χ0) is 16.1. The first-order chi connectivity index (χ1) is 10.4. The second-order valence-corrected chi connectivity index (χ2v) is 7.74. The number of aromatic nitrogens is 2. The van der Waals surface area contributed by atoms with Gasteiger partial charge in [-0.3, -0.25) is 4.79 Å². The van der Waals surface area contributed by atoms with Gasteiger partial charge >= 0.3 is 0 Å². The molecule has 0 atom stereocenters. The summed E-state index contributed by atoms with van der Waals surface area (Å²) in [4.78, 5) is 11.9. The van der Waals surface area contributed by atoms with Crippen LogP contribution in [-0.4, -0.2) is 27.9 Å². The number of nitrogens with one attached hydrogen (secondary N) is 2. The van der Waals surface area contributed by atoms with Gasteiger partial charge in [-0.25, -0.2) is 0 Å². The molecule has 2 N–H and O–H groups in total. The maximum atomic E-state index is 11.9. The molecule has 0 unspecified atom stereocenters. The molecule has 9 heteroatoms. The summed E-state index contributed by atoms with van der Waals surface area (Å²) in [6.07, 6.45) is 0. The normalized spacial score (nSPS) is 10.8. The van der Waals surface area contributed by atoms with Crippen LogP contribution in [0.2, 0.25) is 10.0 Å². The third kappa shape index (κ3) is 5.64. The van der Waals surface area contributed by atoms with Crippen molar-refractivity contribution in [3.8, 4) is 0 Å². The van der Waals surface area contributed by atoms with Gasteiger partial charge < -0.3 is 10.6 Å². The van der Waals surface area contributed by atoms with E-state index >= 15 is 0 Å².